The summed E-state index contributed by atoms with van der Waals surface area (Å²) in [7, 11) is -3.15. The molecule has 0 fully saturated rings. The first-order chi connectivity index (χ1) is 14.9. The highest BCUT2D eigenvalue weighted by Crippen LogP contribution is 2.25. The summed E-state index contributed by atoms with van der Waals surface area (Å²) in [5, 5.41) is 6.74. The summed E-state index contributed by atoms with van der Waals surface area (Å²) in [5.74, 6) is 0.917. The number of benzene rings is 2. The summed E-state index contributed by atoms with van der Waals surface area (Å²) < 4.78 is 28.9. The van der Waals surface area contributed by atoms with Gasteiger partial charge in [0.2, 0.25) is 5.88 Å². The topological polar surface area (TPSA) is 80.3 Å². The minimum absolute atomic E-state index is 0. The van der Waals surface area contributed by atoms with E-state index in [9.17, 15) is 8.42 Å². The van der Waals surface area contributed by atoms with Gasteiger partial charge in [0.15, 0.2) is 9.84 Å². The van der Waals surface area contributed by atoms with Gasteiger partial charge < -0.3 is 15.4 Å². The Morgan fingerprint density at radius 3 is 2.35 bits per heavy atom. The van der Waals surface area contributed by atoms with Crippen molar-refractivity contribution in [3.8, 4) is 5.88 Å². The van der Waals surface area contributed by atoms with E-state index in [1.165, 1.54) is 6.26 Å². The van der Waals surface area contributed by atoms with E-state index in [0.29, 0.717) is 10.8 Å². The van der Waals surface area contributed by atoms with Crippen LogP contribution in [0.2, 0.25) is 0 Å². The molecule has 3 aromatic rings. The quantitative estimate of drug-likeness (QED) is 0.593. The first-order valence-corrected chi connectivity index (χ1v) is 12.2. The number of anilines is 1. The van der Waals surface area contributed by atoms with Crippen LogP contribution in [-0.4, -0.2) is 45.4 Å². The number of ether oxygens (including phenoxy) is 1. The Morgan fingerprint density at radius 1 is 1.10 bits per heavy atom. The van der Waals surface area contributed by atoms with Gasteiger partial charge in [-0.15, -0.1) is 0 Å². The molecule has 0 unspecified atom stereocenters. The molecule has 2 heterocycles. The van der Waals surface area contributed by atoms with E-state index in [1.807, 2.05) is 60.7 Å². The molecule has 31 heavy (non-hydrogen) atoms. The number of pyridine rings is 1. The van der Waals surface area contributed by atoms with Crippen LogP contribution in [0.1, 0.15) is 21.3 Å². The highest BCUT2D eigenvalue weighted by Gasteiger charge is 2.19. The standard InChI is InChI=1S/C18H23N3O3S.C6H6.2H2/c1-13(14-5-7-16(8-6-14)25(2,22)23)10-19-11-15-12-21-17-4-3-9-20-18(17)24-15;1-2-4-6-5-3-1;;/h3-9,13,15,19,21H,10-12H2,1-2H3;1-6H;2*1H/t13-,15-;;;/m1.../s1. The molecule has 0 aliphatic carbocycles. The number of sulfone groups is 1. The minimum atomic E-state index is -3.15. The number of aromatic nitrogens is 1. The zero-order valence-electron chi connectivity index (χ0n) is 17.9. The van der Waals surface area contributed by atoms with Crippen molar-refractivity contribution in [3.63, 3.8) is 0 Å². The summed E-state index contributed by atoms with van der Waals surface area (Å²) in [6, 6.07) is 22.9. The van der Waals surface area contributed by atoms with Gasteiger partial charge in [0.25, 0.3) is 0 Å². The van der Waals surface area contributed by atoms with Gasteiger partial charge in [-0.2, -0.15) is 0 Å². The lowest BCUT2D eigenvalue weighted by Crippen LogP contribution is -2.40. The van der Waals surface area contributed by atoms with Crippen LogP contribution in [0.15, 0.2) is 83.9 Å². The molecule has 0 saturated carbocycles. The fourth-order valence-corrected chi connectivity index (χ4v) is 3.79. The molecule has 2 atom stereocenters. The van der Waals surface area contributed by atoms with E-state index < -0.39 is 9.84 Å². The van der Waals surface area contributed by atoms with Gasteiger partial charge in [-0.05, 0) is 35.7 Å². The third-order valence-electron chi connectivity index (χ3n) is 4.94. The van der Waals surface area contributed by atoms with Gasteiger partial charge in [-0.3, -0.25) is 0 Å². The molecule has 1 aromatic heterocycles. The number of rotatable bonds is 6. The van der Waals surface area contributed by atoms with Crippen molar-refractivity contribution in [1.82, 2.24) is 10.3 Å². The highest BCUT2D eigenvalue weighted by atomic mass is 32.2. The molecular weight excluding hydrogens is 410 g/mol. The molecule has 6 nitrogen and oxygen atoms in total. The Balaban J connectivity index is 0.000000594. The Kier molecular flexibility index (Phi) is 8.03. The third kappa shape index (κ3) is 7.08. The molecule has 168 valence electrons. The van der Waals surface area contributed by atoms with Crippen LogP contribution in [-0.2, 0) is 9.84 Å². The van der Waals surface area contributed by atoms with Crippen LogP contribution in [0.5, 0.6) is 5.88 Å². The fraction of sp³-hybridized carbons (Fsp3) is 0.292. The largest absolute Gasteiger partial charge is 0.470 e. The second kappa shape index (κ2) is 10.9. The van der Waals surface area contributed by atoms with E-state index in [4.69, 9.17) is 4.74 Å². The second-order valence-electron chi connectivity index (χ2n) is 7.53. The Labute approximate surface area is 187 Å². The molecule has 1 aliphatic heterocycles. The van der Waals surface area contributed by atoms with Crippen molar-refractivity contribution in [1.29, 1.82) is 0 Å². The smallest absolute Gasteiger partial charge is 0.237 e. The first-order valence-electron chi connectivity index (χ1n) is 10.3. The molecule has 2 N–H and O–H groups in total. The van der Waals surface area contributed by atoms with Crippen LogP contribution >= 0.6 is 0 Å². The number of hydrogen-bond acceptors (Lipinski definition) is 6. The lowest BCUT2D eigenvalue weighted by atomic mass is 10.0. The Bertz CT molecular complexity index is 1030. The SMILES string of the molecule is C[C@H](CNC[C@@H]1CNc2cccnc2O1)c1ccc(S(C)(=O)=O)cc1.[HH].[HH].c1ccccc1. The normalized spacial score (nSPS) is 16.0. The number of nitrogens with one attached hydrogen (secondary N) is 2. The second-order valence-corrected chi connectivity index (χ2v) is 9.55. The van der Waals surface area contributed by atoms with E-state index >= 15 is 0 Å². The molecule has 0 radical (unpaired) electrons. The van der Waals surface area contributed by atoms with Gasteiger partial charge in [-0.25, -0.2) is 13.4 Å². The van der Waals surface area contributed by atoms with Gasteiger partial charge >= 0.3 is 0 Å². The maximum atomic E-state index is 11.5. The zero-order valence-corrected chi connectivity index (χ0v) is 18.7. The summed E-state index contributed by atoms with van der Waals surface area (Å²) in [5.41, 5.74) is 2.03. The molecule has 0 bridgehead atoms. The molecule has 2 aromatic carbocycles. The highest BCUT2D eigenvalue weighted by molar-refractivity contribution is 7.90. The van der Waals surface area contributed by atoms with E-state index in [2.05, 4.69) is 22.5 Å². The average Bonchev–Trinajstić information content (AvgIpc) is 2.80. The van der Waals surface area contributed by atoms with Gasteiger partial charge in [0.05, 0.1) is 17.1 Å². The molecule has 0 amide bonds. The van der Waals surface area contributed by atoms with Crippen LogP contribution < -0.4 is 15.4 Å². The van der Waals surface area contributed by atoms with Crippen molar-refractivity contribution in [2.45, 2.75) is 23.8 Å². The first kappa shape index (κ1) is 22.8. The maximum absolute atomic E-state index is 11.5. The zero-order chi connectivity index (χ0) is 22.1. The van der Waals surface area contributed by atoms with Crippen LogP contribution in [0.3, 0.4) is 0 Å². The molecular formula is C24H33N3O3S. The fourth-order valence-electron chi connectivity index (χ4n) is 3.16. The van der Waals surface area contributed by atoms with E-state index in [1.54, 1.807) is 18.3 Å². The minimum Gasteiger partial charge on any atom is -0.470 e. The Hall–Kier alpha value is -2.90. The Morgan fingerprint density at radius 2 is 1.74 bits per heavy atom. The lowest BCUT2D eigenvalue weighted by Gasteiger charge is -2.27. The monoisotopic (exact) mass is 443 g/mol. The number of hydrogen-bond donors (Lipinski definition) is 2. The summed E-state index contributed by atoms with van der Waals surface area (Å²) in [6.45, 7) is 4.35. The van der Waals surface area contributed by atoms with E-state index in [0.717, 1.165) is 30.9 Å². The van der Waals surface area contributed by atoms with Crippen molar-refractivity contribution >= 4 is 15.5 Å². The van der Waals surface area contributed by atoms with Crippen molar-refractivity contribution in [3.05, 3.63) is 84.6 Å². The van der Waals surface area contributed by atoms with Crippen LogP contribution in [0, 0.1) is 0 Å². The summed E-state index contributed by atoms with van der Waals surface area (Å²) in [6.07, 6.45) is 2.97. The van der Waals surface area contributed by atoms with Crippen molar-refractivity contribution in [2.24, 2.45) is 0 Å². The summed E-state index contributed by atoms with van der Waals surface area (Å²) >= 11 is 0. The van der Waals surface area contributed by atoms with E-state index in [-0.39, 0.29) is 14.9 Å². The molecule has 1 aliphatic rings. The molecule has 0 spiro atoms. The predicted molar refractivity (Wildman–Crippen MR) is 129 cm³/mol. The van der Waals surface area contributed by atoms with Crippen molar-refractivity contribution in [2.75, 3.05) is 31.2 Å². The maximum Gasteiger partial charge on any atom is 0.237 e. The lowest BCUT2D eigenvalue weighted by molar-refractivity contribution is 0.193. The predicted octanol–water partition coefficient (Wildman–Crippen LogP) is 4.23. The number of fused-ring (bicyclic) bond motifs is 1. The summed E-state index contributed by atoms with van der Waals surface area (Å²) in [4.78, 5) is 4.58. The van der Waals surface area contributed by atoms with Crippen LogP contribution in [0.4, 0.5) is 5.69 Å². The molecule has 7 heteroatoms. The van der Waals surface area contributed by atoms with Gasteiger partial charge in [0, 0.05) is 28.4 Å². The molecule has 4 rings (SSSR count). The van der Waals surface area contributed by atoms with Gasteiger partial charge in [0.1, 0.15) is 6.10 Å². The third-order valence-corrected chi connectivity index (χ3v) is 6.06. The van der Waals surface area contributed by atoms with Crippen LogP contribution in [0.25, 0.3) is 0 Å². The number of nitrogens with zero attached hydrogens (tertiary/aromatic N) is 1. The molecule has 0 saturated heterocycles. The van der Waals surface area contributed by atoms with Crippen molar-refractivity contribution < 1.29 is 16.0 Å². The van der Waals surface area contributed by atoms with Gasteiger partial charge in [-0.1, -0.05) is 55.5 Å². The average molecular weight is 444 g/mol.